The standard InChI is InChI=1S/C18H21N3/c1-14(19)20-18-8-4-5-15(11-18)12-21-10-9-16-6-2-3-7-17(16)13-21/h2-8,11H,9-10,12-13H2,1H3,(H2,19,20). The predicted octanol–water partition coefficient (Wildman–Crippen LogP) is 3.65. The fourth-order valence-electron chi connectivity index (χ4n) is 2.91. The molecule has 0 radical (unpaired) electrons. The lowest BCUT2D eigenvalue weighted by atomic mass is 9.99. The Hall–Kier alpha value is -2.13. The molecule has 0 aliphatic carbocycles. The van der Waals surface area contributed by atoms with Crippen LogP contribution in [0.2, 0.25) is 0 Å². The van der Waals surface area contributed by atoms with E-state index in [0.717, 1.165) is 31.7 Å². The van der Waals surface area contributed by atoms with E-state index in [1.165, 1.54) is 16.7 Å². The van der Waals surface area contributed by atoms with Gasteiger partial charge in [0.05, 0.1) is 5.84 Å². The van der Waals surface area contributed by atoms with Gasteiger partial charge in [0.2, 0.25) is 0 Å². The summed E-state index contributed by atoms with van der Waals surface area (Å²) in [4.78, 5) is 2.48. The minimum atomic E-state index is 0.471. The van der Waals surface area contributed by atoms with Crippen molar-refractivity contribution in [1.29, 1.82) is 5.41 Å². The van der Waals surface area contributed by atoms with Gasteiger partial charge < -0.3 is 5.32 Å². The second kappa shape index (κ2) is 6.10. The second-order valence-corrected chi connectivity index (χ2v) is 5.68. The average Bonchev–Trinajstić information content (AvgIpc) is 2.47. The number of hydrogen-bond acceptors (Lipinski definition) is 2. The van der Waals surface area contributed by atoms with Gasteiger partial charge in [0.15, 0.2) is 0 Å². The molecule has 0 atom stereocenters. The molecule has 1 aliphatic rings. The number of hydrogen-bond donors (Lipinski definition) is 2. The Labute approximate surface area is 126 Å². The molecule has 0 aromatic heterocycles. The first-order chi connectivity index (χ1) is 10.2. The summed E-state index contributed by atoms with van der Waals surface area (Å²) in [7, 11) is 0. The smallest absolute Gasteiger partial charge is 0.0944 e. The van der Waals surface area contributed by atoms with E-state index in [4.69, 9.17) is 5.41 Å². The maximum absolute atomic E-state index is 7.51. The fraction of sp³-hybridized carbons (Fsp3) is 0.278. The van der Waals surface area contributed by atoms with Crippen LogP contribution < -0.4 is 5.32 Å². The Morgan fingerprint density at radius 2 is 1.95 bits per heavy atom. The highest BCUT2D eigenvalue weighted by atomic mass is 15.1. The molecular weight excluding hydrogens is 258 g/mol. The van der Waals surface area contributed by atoms with Gasteiger partial charge in [-0.05, 0) is 42.2 Å². The Morgan fingerprint density at radius 1 is 1.14 bits per heavy atom. The van der Waals surface area contributed by atoms with Gasteiger partial charge in [-0.25, -0.2) is 0 Å². The molecule has 3 nitrogen and oxygen atoms in total. The molecule has 3 rings (SSSR count). The molecule has 0 unspecified atom stereocenters. The number of rotatable bonds is 3. The molecule has 0 saturated carbocycles. The van der Waals surface area contributed by atoms with E-state index in [2.05, 4.69) is 52.7 Å². The Balaban J connectivity index is 1.69. The zero-order valence-corrected chi connectivity index (χ0v) is 12.4. The van der Waals surface area contributed by atoms with Crippen molar-refractivity contribution in [1.82, 2.24) is 4.90 Å². The third kappa shape index (κ3) is 3.50. The quantitative estimate of drug-likeness (QED) is 0.665. The number of nitrogens with zero attached hydrogens (tertiary/aromatic N) is 1. The van der Waals surface area contributed by atoms with E-state index in [-0.39, 0.29) is 0 Å². The van der Waals surface area contributed by atoms with Gasteiger partial charge in [-0.15, -0.1) is 0 Å². The number of anilines is 1. The summed E-state index contributed by atoms with van der Waals surface area (Å²) in [5, 5.41) is 10.6. The van der Waals surface area contributed by atoms with Gasteiger partial charge in [-0.2, -0.15) is 0 Å². The fourth-order valence-corrected chi connectivity index (χ4v) is 2.91. The van der Waals surface area contributed by atoms with Crippen molar-refractivity contribution in [2.75, 3.05) is 11.9 Å². The minimum absolute atomic E-state index is 0.471. The molecule has 0 fully saturated rings. The Bertz CT molecular complexity index is 648. The van der Waals surface area contributed by atoms with Crippen LogP contribution in [0.25, 0.3) is 0 Å². The highest BCUT2D eigenvalue weighted by Gasteiger charge is 2.15. The van der Waals surface area contributed by atoms with Gasteiger partial charge in [0.1, 0.15) is 0 Å². The predicted molar refractivity (Wildman–Crippen MR) is 87.7 cm³/mol. The molecule has 1 aliphatic heterocycles. The first kappa shape index (κ1) is 13.8. The van der Waals surface area contributed by atoms with Crippen molar-refractivity contribution < 1.29 is 0 Å². The van der Waals surface area contributed by atoms with Gasteiger partial charge in [-0.1, -0.05) is 36.4 Å². The van der Waals surface area contributed by atoms with E-state index < -0.39 is 0 Å². The molecule has 1 heterocycles. The third-order valence-electron chi connectivity index (χ3n) is 3.87. The maximum atomic E-state index is 7.51. The van der Waals surface area contributed by atoms with E-state index >= 15 is 0 Å². The summed E-state index contributed by atoms with van der Waals surface area (Å²) in [5.41, 5.74) is 5.23. The Morgan fingerprint density at radius 3 is 2.76 bits per heavy atom. The van der Waals surface area contributed by atoms with E-state index in [1.807, 2.05) is 6.07 Å². The van der Waals surface area contributed by atoms with Crippen molar-refractivity contribution in [3.05, 3.63) is 65.2 Å². The zero-order chi connectivity index (χ0) is 14.7. The topological polar surface area (TPSA) is 39.1 Å². The molecule has 2 aromatic carbocycles. The van der Waals surface area contributed by atoms with Crippen LogP contribution in [-0.4, -0.2) is 17.3 Å². The van der Waals surface area contributed by atoms with Crippen LogP contribution >= 0.6 is 0 Å². The molecule has 0 bridgehead atoms. The lowest BCUT2D eigenvalue weighted by Crippen LogP contribution is -2.29. The van der Waals surface area contributed by atoms with Crippen molar-refractivity contribution in [2.24, 2.45) is 0 Å². The first-order valence-electron chi connectivity index (χ1n) is 7.41. The number of nitrogens with one attached hydrogen (secondary N) is 2. The molecule has 2 aromatic rings. The molecule has 21 heavy (non-hydrogen) atoms. The largest absolute Gasteiger partial charge is 0.344 e. The van der Waals surface area contributed by atoms with Crippen LogP contribution in [0.1, 0.15) is 23.6 Å². The van der Waals surface area contributed by atoms with Crippen LogP contribution in [0.4, 0.5) is 5.69 Å². The van der Waals surface area contributed by atoms with Crippen molar-refractivity contribution >= 4 is 11.5 Å². The average molecular weight is 279 g/mol. The second-order valence-electron chi connectivity index (χ2n) is 5.68. The molecule has 0 saturated heterocycles. The van der Waals surface area contributed by atoms with Crippen molar-refractivity contribution in [3.63, 3.8) is 0 Å². The van der Waals surface area contributed by atoms with Gasteiger partial charge in [0.25, 0.3) is 0 Å². The highest BCUT2D eigenvalue weighted by Crippen LogP contribution is 2.21. The molecule has 3 heteroatoms. The van der Waals surface area contributed by atoms with Crippen LogP contribution in [0.5, 0.6) is 0 Å². The Kier molecular flexibility index (Phi) is 4.02. The van der Waals surface area contributed by atoms with Gasteiger partial charge in [0, 0.05) is 25.3 Å². The molecule has 2 N–H and O–H groups in total. The molecule has 0 amide bonds. The van der Waals surface area contributed by atoms with E-state index in [9.17, 15) is 0 Å². The van der Waals surface area contributed by atoms with E-state index in [1.54, 1.807) is 6.92 Å². The lowest BCUT2D eigenvalue weighted by molar-refractivity contribution is 0.245. The molecule has 108 valence electrons. The van der Waals surface area contributed by atoms with Crippen LogP contribution in [0.3, 0.4) is 0 Å². The maximum Gasteiger partial charge on any atom is 0.0944 e. The van der Waals surface area contributed by atoms with Crippen molar-refractivity contribution in [3.8, 4) is 0 Å². The lowest BCUT2D eigenvalue weighted by Gasteiger charge is -2.28. The summed E-state index contributed by atoms with van der Waals surface area (Å²) in [6.07, 6.45) is 1.13. The number of fused-ring (bicyclic) bond motifs is 1. The minimum Gasteiger partial charge on any atom is -0.344 e. The monoisotopic (exact) mass is 279 g/mol. The van der Waals surface area contributed by atoms with Crippen LogP contribution in [0.15, 0.2) is 48.5 Å². The third-order valence-corrected chi connectivity index (χ3v) is 3.87. The summed E-state index contributed by atoms with van der Waals surface area (Å²) in [6.45, 7) is 4.85. The number of amidine groups is 1. The molecule has 0 spiro atoms. The van der Waals surface area contributed by atoms with Gasteiger partial charge >= 0.3 is 0 Å². The molecular formula is C18H21N3. The van der Waals surface area contributed by atoms with Crippen LogP contribution in [0, 0.1) is 5.41 Å². The zero-order valence-electron chi connectivity index (χ0n) is 12.4. The van der Waals surface area contributed by atoms with Crippen LogP contribution in [-0.2, 0) is 19.5 Å². The first-order valence-corrected chi connectivity index (χ1v) is 7.41. The van der Waals surface area contributed by atoms with Gasteiger partial charge in [-0.3, -0.25) is 10.3 Å². The highest BCUT2D eigenvalue weighted by molar-refractivity contribution is 5.90. The summed E-state index contributed by atoms with van der Waals surface area (Å²) in [5.74, 6) is 0.471. The normalized spacial score (nSPS) is 14.5. The number of benzene rings is 2. The SMILES string of the molecule is CC(=N)Nc1cccc(CN2CCc3ccccc3C2)c1. The van der Waals surface area contributed by atoms with E-state index in [0.29, 0.717) is 5.84 Å². The summed E-state index contributed by atoms with van der Waals surface area (Å²) >= 11 is 0. The van der Waals surface area contributed by atoms with Crippen molar-refractivity contribution in [2.45, 2.75) is 26.4 Å². The summed E-state index contributed by atoms with van der Waals surface area (Å²) < 4.78 is 0. The summed E-state index contributed by atoms with van der Waals surface area (Å²) in [6, 6.07) is 17.1.